The van der Waals surface area contributed by atoms with Crippen molar-refractivity contribution in [3.63, 3.8) is 0 Å². The average Bonchev–Trinajstić information content (AvgIpc) is 0.918. The third-order valence-corrected chi connectivity index (χ3v) is 25.1. The highest BCUT2D eigenvalue weighted by Crippen LogP contribution is 2.76. The predicted octanol–water partition coefficient (Wildman–Crippen LogP) is -4.24. The Hall–Kier alpha value is -3.22. The second kappa shape index (κ2) is 28.6. The molecule has 0 unspecified atom stereocenters. The molecule has 99 heavy (non-hydrogen) atoms. The van der Waals surface area contributed by atoms with Crippen LogP contribution in [0.15, 0.2) is 11.6 Å². The smallest absolute Gasteiger partial charge is 0.335 e. The minimum absolute atomic E-state index is 0.0278. The maximum atomic E-state index is 16.1. The lowest BCUT2D eigenvalue weighted by Gasteiger charge is -2.71. The van der Waals surface area contributed by atoms with E-state index in [-0.39, 0.29) is 25.2 Å². The van der Waals surface area contributed by atoms with E-state index in [2.05, 4.69) is 40.7 Å². The summed E-state index contributed by atoms with van der Waals surface area (Å²) in [5.74, 6) is -4.84. The van der Waals surface area contributed by atoms with Gasteiger partial charge in [0.05, 0.1) is 49.7 Å². The standard InChI is InChI=1S/C66H102O33/c1-24-47(94-54-43(80)36(73)29(71)22-87-54)42(79)46(83)55(88-24)98-52-51(97-56-44(81)38(75)31(21-68)92-56)48(90-26(3)70)25(2)89-59(52)99-60(86)66-17-16-61(4,5)18-28(66)27-10-11-33-62(6)14-13-35(63(7,23-69)32(62)12-15-64(33,8)65(27,9)19-34(66)72)93-58-50(41(78)40(77)49(95-58)53(84)85)96-57-45(82)39(76)37(74)30(20-67)91-57/h10,23-25,28-52,54-59,67-68,71-83H,11-22H2,1-9H3,(H,84,85)/t24-,25+,28-,29+,30+,31+,32+,33-,34+,35-,36-,37-,38-,39-,40-,41-,42-,43+,44+,45+,46+,47-,48-,49-,50+,51-,52+,54-,55-,56-,57-,58+,59-,62-,63-,64+,65+,66+/m0/s1. The molecule has 564 valence electrons. The van der Waals surface area contributed by atoms with Crippen molar-refractivity contribution in [3.05, 3.63) is 11.6 Å². The van der Waals surface area contributed by atoms with Crippen LogP contribution >= 0.6 is 0 Å². The molecule has 4 saturated carbocycles. The van der Waals surface area contributed by atoms with Crippen molar-refractivity contribution in [1.82, 2.24) is 0 Å². The van der Waals surface area contributed by atoms with E-state index in [1.807, 2.05) is 0 Å². The molecule has 16 N–H and O–H groups in total. The fourth-order valence-electron chi connectivity index (χ4n) is 19.2. The number of carbonyl (C=O) groups excluding carboxylic acids is 3. The van der Waals surface area contributed by atoms with Gasteiger partial charge in [0.25, 0.3) is 0 Å². The van der Waals surface area contributed by atoms with E-state index in [4.69, 9.17) is 61.6 Å². The Labute approximate surface area is 571 Å². The first-order valence-corrected chi connectivity index (χ1v) is 34.4. The van der Waals surface area contributed by atoms with E-state index in [1.165, 1.54) is 13.8 Å². The van der Waals surface area contributed by atoms with Crippen molar-refractivity contribution in [2.24, 2.45) is 50.2 Å². The monoisotopic (exact) mass is 1420 g/mol. The number of aliphatic hydroxyl groups is 15. The molecule has 5 aliphatic carbocycles. The number of ether oxygens (including phenoxy) is 13. The van der Waals surface area contributed by atoms with Crippen molar-refractivity contribution in [2.45, 2.75) is 304 Å². The molecule has 0 aromatic carbocycles. The molecule has 33 heteroatoms. The topological polar surface area (TPSA) is 512 Å². The lowest BCUT2D eigenvalue weighted by molar-refractivity contribution is -0.382. The molecule has 11 rings (SSSR count). The summed E-state index contributed by atoms with van der Waals surface area (Å²) in [5, 5.41) is 175. The van der Waals surface area contributed by atoms with E-state index in [0.717, 1.165) is 18.8 Å². The molecule has 6 aliphatic heterocycles. The number of fused-ring (bicyclic) bond motifs is 7. The van der Waals surface area contributed by atoms with Crippen LogP contribution in [-0.4, -0.2) is 310 Å². The van der Waals surface area contributed by atoms with Gasteiger partial charge in [-0.3, -0.25) is 9.59 Å². The molecule has 11 aliphatic rings. The number of carboxylic acids is 1. The summed E-state index contributed by atoms with van der Waals surface area (Å²) in [7, 11) is 0. The third kappa shape index (κ3) is 13.1. The van der Waals surface area contributed by atoms with Gasteiger partial charge >= 0.3 is 17.9 Å². The molecule has 0 bridgehead atoms. The molecule has 38 atom stereocenters. The molecule has 10 fully saturated rings. The number of aliphatic carboxylic acids is 1. The summed E-state index contributed by atoms with van der Waals surface area (Å²) < 4.78 is 78.8. The highest BCUT2D eigenvalue weighted by Gasteiger charge is 2.73. The van der Waals surface area contributed by atoms with Crippen molar-refractivity contribution < 1.29 is 162 Å². The van der Waals surface area contributed by atoms with Crippen molar-refractivity contribution >= 4 is 24.2 Å². The molecule has 0 spiro atoms. The summed E-state index contributed by atoms with van der Waals surface area (Å²) in [5.41, 5.74) is -4.77. The number of hydrogen-bond donors (Lipinski definition) is 16. The van der Waals surface area contributed by atoms with Gasteiger partial charge < -0.3 is 148 Å². The minimum atomic E-state index is -2.13. The number of aldehydes is 1. The van der Waals surface area contributed by atoms with Crippen LogP contribution < -0.4 is 0 Å². The Morgan fingerprint density at radius 1 is 0.545 bits per heavy atom. The van der Waals surface area contributed by atoms with Gasteiger partial charge in [-0.2, -0.15) is 0 Å². The number of hydrogen-bond acceptors (Lipinski definition) is 32. The number of rotatable bonds is 17. The second-order valence-corrected chi connectivity index (χ2v) is 31.3. The van der Waals surface area contributed by atoms with E-state index in [0.29, 0.717) is 38.5 Å². The van der Waals surface area contributed by atoms with Crippen LogP contribution in [0, 0.1) is 50.2 Å². The largest absolute Gasteiger partial charge is 0.479 e. The van der Waals surface area contributed by atoms with Crippen LogP contribution in [0.5, 0.6) is 0 Å². The SMILES string of the molecule is CC(=O)O[C@@H]1[C@H](O[C@@H]2O[C@H](CO)[C@H](O)[C@H]2O)[C@@H](O[C@@H]2O[C@@H](C)[C@H](O[C@@H]3OC[C@@H](O)[C@H](O)[C@H]3O)[C@@H](O)[C@H]2O)[C@H](OC(=O)[C@]23CCC(C)(C)C[C@H]2C2=CC[C@H]4[C@@]5(C)CC[C@H](O[C@@H]6O[C@H](C(=O)O)[C@@H](O)[C@H](O)[C@H]6O[C@@H]6O[C@H](CO)[C@H](O)[C@H](O)[C@H]6O)[C@@](C)(C=O)[C@@H]5CC[C@@]4(C)[C@]2(C)C[C@H]3O)O[C@@H]1C. The first-order valence-electron chi connectivity index (χ1n) is 34.4. The number of carbonyl (C=O) groups is 4. The molecule has 33 nitrogen and oxygen atoms in total. The van der Waals surface area contributed by atoms with E-state index in [9.17, 15) is 96.1 Å². The van der Waals surface area contributed by atoms with Crippen molar-refractivity contribution in [1.29, 1.82) is 0 Å². The molecular weight excluding hydrogens is 1320 g/mol. The maximum Gasteiger partial charge on any atom is 0.335 e. The summed E-state index contributed by atoms with van der Waals surface area (Å²) in [6.45, 7) is 14.1. The van der Waals surface area contributed by atoms with Gasteiger partial charge in [-0.05, 0) is 111 Å². The van der Waals surface area contributed by atoms with Crippen LogP contribution in [0.3, 0.4) is 0 Å². The predicted molar refractivity (Wildman–Crippen MR) is 325 cm³/mol. The second-order valence-electron chi connectivity index (χ2n) is 31.3. The minimum Gasteiger partial charge on any atom is -0.479 e. The summed E-state index contributed by atoms with van der Waals surface area (Å²) in [6.07, 6.45) is -46.1. The lowest BCUT2D eigenvalue weighted by Crippen LogP contribution is -2.69. The summed E-state index contributed by atoms with van der Waals surface area (Å²) in [6, 6.07) is 0. The fraction of sp³-hybridized carbons (Fsp3) is 0.909. The molecule has 0 radical (unpaired) electrons. The number of carboxylic acid groups (broad SMARTS) is 1. The summed E-state index contributed by atoms with van der Waals surface area (Å²) >= 11 is 0. The number of allylic oxidation sites excluding steroid dienone is 2. The van der Waals surface area contributed by atoms with Gasteiger partial charge in [-0.1, -0.05) is 53.2 Å². The molecular formula is C66H102O33. The highest BCUT2D eigenvalue weighted by molar-refractivity contribution is 5.80. The zero-order chi connectivity index (χ0) is 72.5. The van der Waals surface area contributed by atoms with Crippen LogP contribution in [0.1, 0.15) is 120 Å². The average molecular weight is 1420 g/mol. The Balaban J connectivity index is 0.890. The zero-order valence-corrected chi connectivity index (χ0v) is 56.8. The summed E-state index contributed by atoms with van der Waals surface area (Å²) in [4.78, 5) is 55.6. The van der Waals surface area contributed by atoms with Gasteiger partial charge in [-0.25, -0.2) is 4.79 Å². The Morgan fingerprint density at radius 3 is 1.73 bits per heavy atom. The number of esters is 2. The first-order chi connectivity index (χ1) is 46.4. The van der Waals surface area contributed by atoms with Crippen molar-refractivity contribution in [2.75, 3.05) is 19.8 Å². The third-order valence-electron chi connectivity index (χ3n) is 25.1. The Morgan fingerprint density at radius 2 is 1.10 bits per heavy atom. The van der Waals surface area contributed by atoms with E-state index in [1.54, 1.807) is 6.92 Å². The van der Waals surface area contributed by atoms with Gasteiger partial charge in [-0.15, -0.1) is 0 Å². The molecule has 0 aromatic heterocycles. The van der Waals surface area contributed by atoms with Crippen LogP contribution in [-0.2, 0) is 80.8 Å². The van der Waals surface area contributed by atoms with E-state index < -0.39 is 266 Å². The first kappa shape index (κ1) is 76.9. The number of aliphatic hydroxyl groups excluding tert-OH is 15. The quantitative estimate of drug-likeness (QED) is 0.0284. The molecule has 0 aromatic rings. The molecule has 6 heterocycles. The lowest BCUT2D eigenvalue weighted by atomic mass is 9.33. The van der Waals surface area contributed by atoms with Crippen molar-refractivity contribution in [3.8, 4) is 0 Å². The Kier molecular flexibility index (Phi) is 22.2. The van der Waals surface area contributed by atoms with Gasteiger partial charge in [0.1, 0.15) is 115 Å². The highest BCUT2D eigenvalue weighted by atomic mass is 16.8. The van der Waals surface area contributed by atoms with Crippen LogP contribution in [0.2, 0.25) is 0 Å². The van der Waals surface area contributed by atoms with Gasteiger partial charge in [0, 0.05) is 6.92 Å². The molecule has 0 amide bonds. The fourth-order valence-corrected chi connectivity index (χ4v) is 19.2. The van der Waals surface area contributed by atoms with E-state index >= 15 is 4.79 Å². The van der Waals surface area contributed by atoms with Gasteiger partial charge in [0.15, 0.2) is 49.8 Å². The van der Waals surface area contributed by atoms with Crippen LogP contribution in [0.25, 0.3) is 0 Å². The normalized spacial score (nSPS) is 53.5. The maximum absolute atomic E-state index is 16.1. The molecule has 6 saturated heterocycles. The van der Waals surface area contributed by atoms with Gasteiger partial charge in [0.2, 0.25) is 6.29 Å². The zero-order valence-electron chi connectivity index (χ0n) is 56.8. The van der Waals surface area contributed by atoms with Crippen LogP contribution in [0.4, 0.5) is 0 Å². The Bertz CT molecular complexity index is 2920.